The van der Waals surface area contributed by atoms with Gasteiger partial charge in [-0.3, -0.25) is 4.90 Å². The Bertz CT molecular complexity index is 225. The van der Waals surface area contributed by atoms with Gasteiger partial charge in [0.1, 0.15) is 0 Å². The smallest absolute Gasteiger partial charge is 0.0235 e. The van der Waals surface area contributed by atoms with Crippen molar-refractivity contribution >= 4 is 0 Å². The monoisotopic (exact) mass is 252 g/mol. The van der Waals surface area contributed by atoms with E-state index in [1.54, 1.807) is 0 Å². The largest absolute Gasteiger partial charge is 0.312 e. The van der Waals surface area contributed by atoms with Crippen molar-refractivity contribution in [1.82, 2.24) is 10.2 Å². The minimum absolute atomic E-state index is 0.792. The molecule has 0 aromatic rings. The highest BCUT2D eigenvalue weighted by Crippen LogP contribution is 2.30. The maximum atomic E-state index is 3.73. The summed E-state index contributed by atoms with van der Waals surface area (Å²) in [4.78, 5) is 2.80. The van der Waals surface area contributed by atoms with Crippen LogP contribution in [0, 0.1) is 17.8 Å². The molecule has 2 nitrogen and oxygen atoms in total. The average Bonchev–Trinajstić information content (AvgIpc) is 2.70. The van der Waals surface area contributed by atoms with Gasteiger partial charge in [-0.2, -0.15) is 0 Å². The Kier molecular flexibility index (Phi) is 5.08. The Balaban J connectivity index is 1.93. The van der Waals surface area contributed by atoms with E-state index < -0.39 is 0 Å². The highest BCUT2D eigenvalue weighted by atomic mass is 15.2. The number of rotatable bonds is 5. The second-order valence-electron chi connectivity index (χ2n) is 7.33. The first-order valence-corrected chi connectivity index (χ1v) is 8.03. The van der Waals surface area contributed by atoms with Gasteiger partial charge in [0.2, 0.25) is 0 Å². The number of hydrogen-bond donors (Lipinski definition) is 1. The normalized spacial score (nSPS) is 29.5. The second-order valence-corrected chi connectivity index (χ2v) is 7.33. The number of likely N-dealkylation sites (tertiary alicyclic amines) is 1. The fourth-order valence-corrected chi connectivity index (χ4v) is 3.86. The summed E-state index contributed by atoms with van der Waals surface area (Å²) < 4.78 is 0. The van der Waals surface area contributed by atoms with E-state index in [0.717, 1.165) is 29.8 Å². The molecule has 106 valence electrons. The van der Waals surface area contributed by atoms with Crippen LogP contribution in [0.2, 0.25) is 0 Å². The van der Waals surface area contributed by atoms with E-state index in [4.69, 9.17) is 0 Å². The van der Waals surface area contributed by atoms with Gasteiger partial charge >= 0.3 is 0 Å². The molecule has 0 unspecified atom stereocenters. The van der Waals surface area contributed by atoms with Gasteiger partial charge in [-0.05, 0) is 50.0 Å². The van der Waals surface area contributed by atoms with E-state index in [1.807, 2.05) is 0 Å². The number of hydrogen-bond acceptors (Lipinski definition) is 2. The fraction of sp³-hybridized carbons (Fsp3) is 1.00. The van der Waals surface area contributed by atoms with Crippen molar-refractivity contribution in [1.29, 1.82) is 0 Å². The average molecular weight is 252 g/mol. The van der Waals surface area contributed by atoms with Gasteiger partial charge in [-0.25, -0.2) is 0 Å². The molecular formula is C16H32N2. The minimum atomic E-state index is 0.792. The molecule has 2 aliphatic heterocycles. The summed E-state index contributed by atoms with van der Waals surface area (Å²) in [6.07, 6.45) is 5.58. The lowest BCUT2D eigenvalue weighted by Crippen LogP contribution is -2.41. The van der Waals surface area contributed by atoms with Crippen LogP contribution in [0.4, 0.5) is 0 Å². The number of fused-ring (bicyclic) bond motifs is 1. The van der Waals surface area contributed by atoms with Crippen molar-refractivity contribution in [3.8, 4) is 0 Å². The van der Waals surface area contributed by atoms with Gasteiger partial charge in [0, 0.05) is 25.2 Å². The third-order valence-electron chi connectivity index (χ3n) is 4.63. The highest BCUT2D eigenvalue weighted by Gasteiger charge is 2.37. The molecule has 0 saturated carbocycles. The molecule has 2 fully saturated rings. The van der Waals surface area contributed by atoms with Crippen LogP contribution in [-0.2, 0) is 0 Å². The van der Waals surface area contributed by atoms with Crippen LogP contribution < -0.4 is 5.32 Å². The van der Waals surface area contributed by atoms with Crippen molar-refractivity contribution in [3.05, 3.63) is 0 Å². The Morgan fingerprint density at radius 1 is 1.06 bits per heavy atom. The SMILES string of the molecule is CC(C)CC(CC(C)C)N1C[C@@H]2CCCN[C@@H]2C1. The first kappa shape index (κ1) is 14.3. The molecule has 2 aliphatic rings. The Hall–Kier alpha value is -0.0800. The van der Waals surface area contributed by atoms with Crippen LogP contribution in [0.3, 0.4) is 0 Å². The maximum absolute atomic E-state index is 3.73. The lowest BCUT2D eigenvalue weighted by molar-refractivity contribution is 0.178. The first-order chi connectivity index (χ1) is 8.56. The zero-order chi connectivity index (χ0) is 13.1. The molecule has 0 bridgehead atoms. The third kappa shape index (κ3) is 3.71. The van der Waals surface area contributed by atoms with Gasteiger partial charge in [0.05, 0.1) is 0 Å². The Labute approximate surface area is 114 Å². The molecule has 1 N–H and O–H groups in total. The zero-order valence-corrected chi connectivity index (χ0v) is 12.8. The summed E-state index contributed by atoms with van der Waals surface area (Å²) >= 11 is 0. The first-order valence-electron chi connectivity index (χ1n) is 8.03. The fourth-order valence-electron chi connectivity index (χ4n) is 3.86. The molecule has 0 aromatic carbocycles. The highest BCUT2D eigenvalue weighted by molar-refractivity contribution is 4.94. The van der Waals surface area contributed by atoms with Crippen LogP contribution in [0.1, 0.15) is 53.4 Å². The second kappa shape index (κ2) is 6.38. The van der Waals surface area contributed by atoms with E-state index in [2.05, 4.69) is 37.9 Å². The summed E-state index contributed by atoms with van der Waals surface area (Å²) in [6.45, 7) is 13.4. The Morgan fingerprint density at radius 2 is 1.72 bits per heavy atom. The molecule has 2 rings (SSSR count). The van der Waals surface area contributed by atoms with E-state index in [1.165, 1.54) is 45.3 Å². The lowest BCUT2D eigenvalue weighted by atomic mass is 9.94. The number of nitrogens with one attached hydrogen (secondary N) is 1. The lowest BCUT2D eigenvalue weighted by Gasteiger charge is -2.30. The molecule has 2 atom stereocenters. The quantitative estimate of drug-likeness (QED) is 0.809. The van der Waals surface area contributed by atoms with E-state index in [-0.39, 0.29) is 0 Å². The molecule has 2 saturated heterocycles. The molecule has 0 spiro atoms. The van der Waals surface area contributed by atoms with Gasteiger partial charge in [-0.1, -0.05) is 27.7 Å². The molecule has 0 radical (unpaired) electrons. The summed E-state index contributed by atoms with van der Waals surface area (Å²) in [5.41, 5.74) is 0. The Morgan fingerprint density at radius 3 is 2.28 bits per heavy atom. The molecule has 2 heterocycles. The van der Waals surface area contributed by atoms with E-state index in [0.29, 0.717) is 0 Å². The van der Waals surface area contributed by atoms with Gasteiger partial charge in [0.15, 0.2) is 0 Å². The predicted molar refractivity (Wildman–Crippen MR) is 78.8 cm³/mol. The third-order valence-corrected chi connectivity index (χ3v) is 4.63. The molecular weight excluding hydrogens is 220 g/mol. The van der Waals surface area contributed by atoms with Crippen molar-refractivity contribution in [2.75, 3.05) is 19.6 Å². The summed E-state index contributed by atoms with van der Waals surface area (Å²) in [7, 11) is 0. The zero-order valence-electron chi connectivity index (χ0n) is 12.8. The van der Waals surface area contributed by atoms with Crippen molar-refractivity contribution < 1.29 is 0 Å². The summed E-state index contributed by atoms with van der Waals surface area (Å²) in [5, 5.41) is 3.73. The number of piperidine rings is 1. The molecule has 0 aromatic heterocycles. The van der Waals surface area contributed by atoms with Crippen molar-refractivity contribution in [3.63, 3.8) is 0 Å². The van der Waals surface area contributed by atoms with Gasteiger partial charge in [-0.15, -0.1) is 0 Å². The van der Waals surface area contributed by atoms with E-state index in [9.17, 15) is 0 Å². The van der Waals surface area contributed by atoms with E-state index >= 15 is 0 Å². The molecule has 2 heteroatoms. The van der Waals surface area contributed by atoms with Crippen LogP contribution in [0.15, 0.2) is 0 Å². The van der Waals surface area contributed by atoms with Gasteiger partial charge in [0.25, 0.3) is 0 Å². The standard InChI is InChI=1S/C16H32N2/c1-12(2)8-15(9-13(3)4)18-10-14-6-5-7-17-16(14)11-18/h12-17H,5-11H2,1-4H3/t14-,16+/m0/s1. The van der Waals surface area contributed by atoms with Crippen LogP contribution in [-0.4, -0.2) is 36.6 Å². The number of nitrogens with zero attached hydrogens (tertiary/aromatic N) is 1. The topological polar surface area (TPSA) is 15.3 Å². The van der Waals surface area contributed by atoms with Gasteiger partial charge < -0.3 is 5.32 Å². The molecule has 18 heavy (non-hydrogen) atoms. The van der Waals surface area contributed by atoms with Crippen LogP contribution >= 0.6 is 0 Å². The van der Waals surface area contributed by atoms with Crippen molar-refractivity contribution in [2.45, 2.75) is 65.5 Å². The predicted octanol–water partition coefficient (Wildman–Crippen LogP) is 3.13. The molecule has 0 aliphatic carbocycles. The minimum Gasteiger partial charge on any atom is -0.312 e. The van der Waals surface area contributed by atoms with Crippen LogP contribution in [0.5, 0.6) is 0 Å². The summed E-state index contributed by atoms with van der Waals surface area (Å²) in [6, 6.07) is 1.61. The van der Waals surface area contributed by atoms with Crippen molar-refractivity contribution in [2.24, 2.45) is 17.8 Å². The maximum Gasteiger partial charge on any atom is 0.0235 e. The molecule has 0 amide bonds. The van der Waals surface area contributed by atoms with Crippen LogP contribution in [0.25, 0.3) is 0 Å². The summed E-state index contributed by atoms with van der Waals surface area (Å²) in [5.74, 6) is 2.58.